The van der Waals surface area contributed by atoms with E-state index in [9.17, 15) is 14.9 Å². The summed E-state index contributed by atoms with van der Waals surface area (Å²) >= 11 is 0. The average molecular weight is 276 g/mol. The zero-order valence-electron chi connectivity index (χ0n) is 11.2. The fraction of sp³-hybridized carbons (Fsp3) is 0.357. The second-order valence-electron chi connectivity index (χ2n) is 5.02. The third-order valence-corrected chi connectivity index (χ3v) is 3.38. The van der Waals surface area contributed by atoms with Gasteiger partial charge in [0.2, 0.25) is 0 Å². The molecule has 106 valence electrons. The first-order valence-corrected chi connectivity index (χ1v) is 6.42. The second-order valence-corrected chi connectivity index (χ2v) is 5.02. The first-order valence-electron chi connectivity index (χ1n) is 6.42. The van der Waals surface area contributed by atoms with E-state index in [0.29, 0.717) is 17.2 Å². The Balaban J connectivity index is 2.33. The average Bonchev–Trinajstić information content (AvgIpc) is 2.82. The molecule has 20 heavy (non-hydrogen) atoms. The summed E-state index contributed by atoms with van der Waals surface area (Å²) in [4.78, 5) is 23.3. The largest absolute Gasteiger partial charge is 0.478 e. The number of hydrogen-bond acceptors (Lipinski definition) is 4. The van der Waals surface area contributed by atoms with Crippen LogP contribution in [0.4, 0.5) is 11.4 Å². The third-order valence-electron chi connectivity index (χ3n) is 3.38. The molecule has 6 heteroatoms. The molecule has 1 aliphatic heterocycles. The Hall–Kier alpha value is -2.37. The van der Waals surface area contributed by atoms with Gasteiger partial charge in [-0.2, -0.15) is 0 Å². The van der Waals surface area contributed by atoms with Crippen molar-refractivity contribution < 1.29 is 14.8 Å². The van der Waals surface area contributed by atoms with Crippen LogP contribution in [0.5, 0.6) is 0 Å². The molecule has 0 saturated carbocycles. The summed E-state index contributed by atoms with van der Waals surface area (Å²) in [6.07, 6.45) is 3.35. The van der Waals surface area contributed by atoms with Crippen molar-refractivity contribution in [2.24, 2.45) is 5.92 Å². The molecule has 1 saturated heterocycles. The summed E-state index contributed by atoms with van der Waals surface area (Å²) in [7, 11) is 0. The quantitative estimate of drug-likeness (QED) is 0.519. The Kier molecular flexibility index (Phi) is 4.02. The lowest BCUT2D eigenvalue weighted by molar-refractivity contribution is -0.384. The van der Waals surface area contributed by atoms with Gasteiger partial charge in [-0.05, 0) is 30.0 Å². The highest BCUT2D eigenvalue weighted by Crippen LogP contribution is 2.33. The fourth-order valence-electron chi connectivity index (χ4n) is 2.38. The van der Waals surface area contributed by atoms with E-state index >= 15 is 0 Å². The summed E-state index contributed by atoms with van der Waals surface area (Å²) in [5.41, 5.74) is 1.13. The van der Waals surface area contributed by atoms with Crippen LogP contribution in [-0.4, -0.2) is 29.1 Å². The Labute approximate surface area is 116 Å². The van der Waals surface area contributed by atoms with Gasteiger partial charge in [0, 0.05) is 25.2 Å². The van der Waals surface area contributed by atoms with Crippen LogP contribution in [0.3, 0.4) is 0 Å². The molecule has 0 aromatic heterocycles. The molecule has 1 unspecified atom stereocenters. The molecule has 1 heterocycles. The summed E-state index contributed by atoms with van der Waals surface area (Å²) in [5.74, 6) is -0.550. The number of hydrogen-bond donors (Lipinski definition) is 1. The number of benzene rings is 1. The smallest absolute Gasteiger partial charge is 0.328 e. The van der Waals surface area contributed by atoms with Crippen molar-refractivity contribution in [1.82, 2.24) is 0 Å². The van der Waals surface area contributed by atoms with E-state index in [1.54, 1.807) is 12.1 Å². The number of nitrogens with zero attached hydrogens (tertiary/aromatic N) is 2. The van der Waals surface area contributed by atoms with Crippen LogP contribution >= 0.6 is 0 Å². The molecule has 0 amide bonds. The lowest BCUT2D eigenvalue weighted by Crippen LogP contribution is -2.20. The highest BCUT2D eigenvalue weighted by molar-refractivity contribution is 5.85. The van der Waals surface area contributed by atoms with Crippen molar-refractivity contribution in [2.45, 2.75) is 13.3 Å². The van der Waals surface area contributed by atoms with Crippen molar-refractivity contribution in [3.8, 4) is 0 Å². The molecule has 0 bridgehead atoms. The van der Waals surface area contributed by atoms with E-state index in [1.807, 2.05) is 4.90 Å². The summed E-state index contributed by atoms with van der Waals surface area (Å²) in [5, 5.41) is 19.8. The molecule has 6 nitrogen and oxygen atoms in total. The van der Waals surface area contributed by atoms with Crippen LogP contribution in [-0.2, 0) is 4.79 Å². The molecular weight excluding hydrogens is 260 g/mol. The van der Waals surface area contributed by atoms with Crippen LogP contribution in [0.25, 0.3) is 6.08 Å². The predicted octanol–water partition coefficient (Wildman–Crippen LogP) is 2.54. The van der Waals surface area contributed by atoms with E-state index in [-0.39, 0.29) is 5.69 Å². The van der Waals surface area contributed by atoms with Crippen molar-refractivity contribution in [1.29, 1.82) is 0 Å². The summed E-state index contributed by atoms with van der Waals surface area (Å²) in [6.45, 7) is 3.74. The van der Waals surface area contributed by atoms with Crippen molar-refractivity contribution in [2.75, 3.05) is 18.0 Å². The number of nitro benzene ring substituents is 1. The Bertz CT molecular complexity index is 568. The number of carboxylic acids is 1. The van der Waals surface area contributed by atoms with Crippen molar-refractivity contribution in [3.63, 3.8) is 0 Å². The van der Waals surface area contributed by atoms with Gasteiger partial charge in [0.05, 0.1) is 4.92 Å². The van der Waals surface area contributed by atoms with Crippen LogP contribution < -0.4 is 4.90 Å². The van der Waals surface area contributed by atoms with E-state index in [2.05, 4.69) is 6.92 Å². The third kappa shape index (κ3) is 3.14. The highest BCUT2D eigenvalue weighted by Gasteiger charge is 2.25. The SMILES string of the molecule is CC1CCN(c2ccc(C=CC(=O)O)cc2[N+](=O)[O-])C1. The molecular formula is C14H16N2O4. The van der Waals surface area contributed by atoms with Gasteiger partial charge < -0.3 is 10.0 Å². The molecule has 0 aliphatic carbocycles. The van der Waals surface area contributed by atoms with Crippen molar-refractivity contribution in [3.05, 3.63) is 40.0 Å². The second kappa shape index (κ2) is 5.73. The normalized spacial score (nSPS) is 18.6. The molecule has 1 atom stereocenters. The minimum Gasteiger partial charge on any atom is -0.478 e. The standard InChI is InChI=1S/C14H16N2O4/c1-10-6-7-15(9-10)12-4-2-11(3-5-14(17)18)8-13(12)16(19)20/h2-5,8,10H,6-7,9H2,1H3,(H,17,18). The number of nitro groups is 1. The van der Waals surface area contributed by atoms with E-state index < -0.39 is 10.9 Å². The number of rotatable bonds is 4. The molecule has 1 aromatic rings. The Morgan fingerprint density at radius 3 is 2.85 bits per heavy atom. The maximum absolute atomic E-state index is 11.2. The molecule has 0 spiro atoms. The molecule has 2 rings (SSSR count). The maximum Gasteiger partial charge on any atom is 0.328 e. The Morgan fingerprint density at radius 2 is 2.30 bits per heavy atom. The fourth-order valence-corrected chi connectivity index (χ4v) is 2.38. The predicted molar refractivity (Wildman–Crippen MR) is 75.8 cm³/mol. The zero-order valence-corrected chi connectivity index (χ0v) is 11.2. The van der Waals surface area contributed by atoms with Gasteiger partial charge in [-0.15, -0.1) is 0 Å². The summed E-state index contributed by atoms with van der Waals surface area (Å²) in [6, 6.07) is 4.81. The molecule has 1 fully saturated rings. The number of carboxylic acid groups (broad SMARTS) is 1. The lowest BCUT2D eigenvalue weighted by atomic mass is 10.1. The Morgan fingerprint density at radius 1 is 1.55 bits per heavy atom. The number of aliphatic carboxylic acids is 1. The number of anilines is 1. The zero-order chi connectivity index (χ0) is 14.7. The van der Waals surface area contributed by atoms with Crippen LogP contribution in [0.15, 0.2) is 24.3 Å². The van der Waals surface area contributed by atoms with Crippen molar-refractivity contribution >= 4 is 23.4 Å². The van der Waals surface area contributed by atoms with Gasteiger partial charge in [-0.1, -0.05) is 13.0 Å². The summed E-state index contributed by atoms with van der Waals surface area (Å²) < 4.78 is 0. The molecule has 1 aromatic carbocycles. The van der Waals surface area contributed by atoms with Crippen LogP contribution in [0, 0.1) is 16.0 Å². The monoisotopic (exact) mass is 276 g/mol. The molecule has 0 radical (unpaired) electrons. The maximum atomic E-state index is 11.2. The van der Waals surface area contributed by atoms with Crippen LogP contribution in [0.1, 0.15) is 18.9 Å². The van der Waals surface area contributed by atoms with E-state index in [0.717, 1.165) is 25.6 Å². The highest BCUT2D eigenvalue weighted by atomic mass is 16.6. The van der Waals surface area contributed by atoms with E-state index in [4.69, 9.17) is 5.11 Å². The van der Waals surface area contributed by atoms with Gasteiger partial charge >= 0.3 is 5.97 Å². The van der Waals surface area contributed by atoms with Gasteiger partial charge in [-0.25, -0.2) is 4.79 Å². The van der Waals surface area contributed by atoms with Gasteiger partial charge in [0.15, 0.2) is 0 Å². The minimum absolute atomic E-state index is 0.0200. The topological polar surface area (TPSA) is 83.7 Å². The molecule has 1 aliphatic rings. The number of carbonyl (C=O) groups is 1. The minimum atomic E-state index is -1.08. The van der Waals surface area contributed by atoms with Gasteiger partial charge in [0.1, 0.15) is 5.69 Å². The molecule has 1 N–H and O–H groups in total. The van der Waals surface area contributed by atoms with Gasteiger partial charge in [-0.3, -0.25) is 10.1 Å². The first-order chi connectivity index (χ1) is 9.47. The van der Waals surface area contributed by atoms with Gasteiger partial charge in [0.25, 0.3) is 5.69 Å². The van der Waals surface area contributed by atoms with Crippen LogP contribution in [0.2, 0.25) is 0 Å². The van der Waals surface area contributed by atoms with E-state index in [1.165, 1.54) is 12.1 Å². The lowest BCUT2D eigenvalue weighted by Gasteiger charge is -2.18. The first kappa shape index (κ1) is 14.0.